The number of anilines is 1. The smallest absolute Gasteiger partial charge is 0.238 e. The van der Waals surface area contributed by atoms with E-state index in [1.54, 1.807) is 25.5 Å². The predicted molar refractivity (Wildman–Crippen MR) is 120 cm³/mol. The number of fused-ring (bicyclic) bond motifs is 3. The van der Waals surface area contributed by atoms with Crippen molar-refractivity contribution in [1.29, 1.82) is 0 Å². The zero-order valence-corrected chi connectivity index (χ0v) is 18.8. The van der Waals surface area contributed by atoms with E-state index < -0.39 is 9.84 Å². The fraction of sp³-hybridized carbons (Fsp3) is 0.409. The normalized spacial score (nSPS) is 17.0. The molecule has 5 rings (SSSR count). The molecule has 1 aliphatic carbocycles. The fourth-order valence-electron chi connectivity index (χ4n) is 4.56. The summed E-state index contributed by atoms with van der Waals surface area (Å²) in [6, 6.07) is 5.78. The second kappa shape index (κ2) is 7.31. The van der Waals surface area contributed by atoms with Crippen LogP contribution in [0, 0.1) is 0 Å². The number of nitrogens with zero attached hydrogens (tertiary/aromatic N) is 4. The van der Waals surface area contributed by atoms with Crippen molar-refractivity contribution in [2.45, 2.75) is 44.7 Å². The predicted octanol–water partition coefficient (Wildman–Crippen LogP) is 3.49. The Kier molecular flexibility index (Phi) is 4.82. The van der Waals surface area contributed by atoms with Crippen LogP contribution in [0.1, 0.15) is 37.4 Å². The summed E-state index contributed by atoms with van der Waals surface area (Å²) in [6.45, 7) is 2.54. The van der Waals surface area contributed by atoms with Gasteiger partial charge < -0.3 is 9.47 Å². The van der Waals surface area contributed by atoms with E-state index in [-0.39, 0.29) is 22.8 Å². The van der Waals surface area contributed by atoms with Crippen molar-refractivity contribution in [1.82, 2.24) is 14.5 Å². The van der Waals surface area contributed by atoms with Crippen molar-refractivity contribution >= 4 is 44.1 Å². The summed E-state index contributed by atoms with van der Waals surface area (Å²) in [5.74, 6) is 0.370. The number of aryl methyl sites for hydroxylation is 1. The number of pyridine rings is 2. The molecule has 1 saturated carbocycles. The van der Waals surface area contributed by atoms with E-state index in [9.17, 15) is 13.2 Å². The molecule has 1 amide bonds. The summed E-state index contributed by atoms with van der Waals surface area (Å²) in [6.07, 6.45) is 7.31. The fourth-order valence-corrected chi connectivity index (χ4v) is 5.58. The van der Waals surface area contributed by atoms with Gasteiger partial charge in [0.25, 0.3) is 0 Å². The molecular formula is C22H23ClN4O3S. The van der Waals surface area contributed by atoms with E-state index in [0.717, 1.165) is 40.8 Å². The standard InChI is InChI=1S/C22H23ClN4O3S/c1-2-31(29,30)9-3-8-26-17(11-15-10-16(23)12-25-20(15)26)14-27-19-13-24-7-4-18(19)22(5-6-22)21(27)28/h4,7,10-13H,2-3,5-6,8-9,14H2,1H3. The van der Waals surface area contributed by atoms with Gasteiger partial charge >= 0.3 is 0 Å². The first-order chi connectivity index (χ1) is 14.8. The Balaban J connectivity index is 1.50. The average molecular weight is 459 g/mol. The first-order valence-corrected chi connectivity index (χ1v) is 12.7. The minimum atomic E-state index is -3.05. The van der Waals surface area contributed by atoms with Gasteiger partial charge in [0.15, 0.2) is 0 Å². The van der Waals surface area contributed by atoms with Crippen molar-refractivity contribution in [3.05, 3.63) is 53.1 Å². The van der Waals surface area contributed by atoms with Crippen LogP contribution in [-0.4, -0.2) is 40.4 Å². The lowest BCUT2D eigenvalue weighted by atomic mass is 9.99. The van der Waals surface area contributed by atoms with E-state index in [4.69, 9.17) is 11.6 Å². The Labute approximate surface area is 186 Å². The molecule has 0 bridgehead atoms. The van der Waals surface area contributed by atoms with Crippen LogP contribution in [0.3, 0.4) is 0 Å². The third-order valence-corrected chi connectivity index (χ3v) is 8.39. The lowest BCUT2D eigenvalue weighted by molar-refractivity contribution is -0.120. The molecule has 0 aromatic carbocycles. The maximum Gasteiger partial charge on any atom is 0.238 e. The summed E-state index contributed by atoms with van der Waals surface area (Å²) >= 11 is 6.15. The Morgan fingerprint density at radius 3 is 2.77 bits per heavy atom. The molecule has 3 aromatic heterocycles. The minimum Gasteiger partial charge on any atom is -0.328 e. The number of halogens is 1. The Morgan fingerprint density at radius 2 is 2.03 bits per heavy atom. The minimum absolute atomic E-state index is 0.117. The monoisotopic (exact) mass is 458 g/mol. The van der Waals surface area contributed by atoms with Gasteiger partial charge in [-0.25, -0.2) is 13.4 Å². The quantitative estimate of drug-likeness (QED) is 0.541. The maximum atomic E-state index is 13.3. The van der Waals surface area contributed by atoms with Crippen LogP contribution in [0.5, 0.6) is 0 Å². The summed E-state index contributed by atoms with van der Waals surface area (Å²) in [5.41, 5.74) is 3.19. The van der Waals surface area contributed by atoms with E-state index in [1.165, 1.54) is 0 Å². The summed E-state index contributed by atoms with van der Waals surface area (Å²) < 4.78 is 25.9. The molecule has 162 valence electrons. The highest BCUT2D eigenvalue weighted by atomic mass is 35.5. The molecule has 0 saturated heterocycles. The molecule has 7 nitrogen and oxygen atoms in total. The topological polar surface area (TPSA) is 85.2 Å². The van der Waals surface area contributed by atoms with Crippen LogP contribution >= 0.6 is 11.6 Å². The molecular weight excluding hydrogens is 436 g/mol. The molecule has 9 heteroatoms. The molecule has 3 aromatic rings. The van der Waals surface area contributed by atoms with E-state index in [0.29, 0.717) is 24.5 Å². The van der Waals surface area contributed by atoms with Gasteiger partial charge in [0.1, 0.15) is 15.5 Å². The first kappa shape index (κ1) is 20.5. The summed E-state index contributed by atoms with van der Waals surface area (Å²) in [7, 11) is -3.05. The van der Waals surface area contributed by atoms with Crippen LogP contribution in [0.25, 0.3) is 11.0 Å². The van der Waals surface area contributed by atoms with Crippen molar-refractivity contribution in [3.63, 3.8) is 0 Å². The Morgan fingerprint density at radius 1 is 1.23 bits per heavy atom. The molecule has 2 aliphatic rings. The van der Waals surface area contributed by atoms with Gasteiger partial charge in [0.2, 0.25) is 5.91 Å². The molecule has 1 aliphatic heterocycles. The average Bonchev–Trinajstić information content (AvgIpc) is 3.45. The van der Waals surface area contributed by atoms with Crippen LogP contribution in [0.2, 0.25) is 5.02 Å². The Bertz CT molecular complexity index is 1300. The SMILES string of the molecule is CCS(=O)(=O)CCCn1c(CN2C(=O)C3(CC3)c3ccncc32)cc2cc(Cl)cnc21. The third-order valence-electron chi connectivity index (χ3n) is 6.39. The summed E-state index contributed by atoms with van der Waals surface area (Å²) in [4.78, 5) is 23.8. The van der Waals surface area contributed by atoms with Gasteiger partial charge in [0.05, 0.1) is 34.6 Å². The van der Waals surface area contributed by atoms with Gasteiger partial charge in [-0.1, -0.05) is 18.5 Å². The second-order valence-corrected chi connectivity index (χ2v) is 11.2. The van der Waals surface area contributed by atoms with E-state index >= 15 is 0 Å². The van der Waals surface area contributed by atoms with Crippen molar-refractivity contribution < 1.29 is 13.2 Å². The van der Waals surface area contributed by atoms with Crippen LogP contribution in [0.15, 0.2) is 36.8 Å². The third kappa shape index (κ3) is 3.42. The number of hydrogen-bond acceptors (Lipinski definition) is 5. The molecule has 0 unspecified atom stereocenters. The summed E-state index contributed by atoms with van der Waals surface area (Å²) in [5, 5.41) is 1.41. The molecule has 31 heavy (non-hydrogen) atoms. The molecule has 1 fully saturated rings. The van der Waals surface area contributed by atoms with Crippen LogP contribution in [-0.2, 0) is 33.1 Å². The number of hydrogen-bond donors (Lipinski definition) is 0. The van der Waals surface area contributed by atoms with E-state index in [1.807, 2.05) is 27.7 Å². The van der Waals surface area contributed by atoms with Gasteiger partial charge in [-0.3, -0.25) is 9.78 Å². The number of carbonyl (C=O) groups is 1. The largest absolute Gasteiger partial charge is 0.328 e. The van der Waals surface area contributed by atoms with Gasteiger partial charge in [-0.15, -0.1) is 0 Å². The van der Waals surface area contributed by atoms with Crippen molar-refractivity contribution in [2.24, 2.45) is 0 Å². The number of rotatable bonds is 7. The van der Waals surface area contributed by atoms with Crippen molar-refractivity contribution in [2.75, 3.05) is 16.4 Å². The highest BCUT2D eigenvalue weighted by Gasteiger charge is 2.59. The van der Waals surface area contributed by atoms with Gasteiger partial charge in [0, 0.05) is 35.8 Å². The molecule has 4 heterocycles. The Hall–Kier alpha value is -2.45. The number of carbonyl (C=O) groups excluding carboxylic acids is 1. The van der Waals surface area contributed by atoms with Crippen LogP contribution < -0.4 is 4.90 Å². The lowest BCUT2D eigenvalue weighted by Gasteiger charge is -2.19. The van der Waals surface area contributed by atoms with E-state index in [2.05, 4.69) is 9.97 Å². The first-order valence-electron chi connectivity index (χ1n) is 10.5. The number of aromatic nitrogens is 3. The molecule has 1 spiro atoms. The maximum absolute atomic E-state index is 13.3. The zero-order valence-electron chi connectivity index (χ0n) is 17.2. The second-order valence-electron chi connectivity index (χ2n) is 8.31. The molecule has 0 radical (unpaired) electrons. The number of amides is 1. The highest BCUT2D eigenvalue weighted by molar-refractivity contribution is 7.91. The van der Waals surface area contributed by atoms with Gasteiger partial charge in [-0.05, 0) is 43.0 Å². The molecule has 0 atom stereocenters. The highest BCUT2D eigenvalue weighted by Crippen LogP contribution is 2.57. The molecule has 0 N–H and O–H groups in total. The zero-order chi connectivity index (χ0) is 21.8. The van der Waals surface area contributed by atoms with Gasteiger partial charge in [-0.2, -0.15) is 0 Å². The van der Waals surface area contributed by atoms with Crippen LogP contribution in [0.4, 0.5) is 5.69 Å². The lowest BCUT2D eigenvalue weighted by Crippen LogP contribution is -2.32. The van der Waals surface area contributed by atoms with Crippen molar-refractivity contribution in [3.8, 4) is 0 Å². The number of sulfone groups is 1.